The summed E-state index contributed by atoms with van der Waals surface area (Å²) in [4.78, 5) is 0. The molecule has 118 valence electrons. The second-order valence-electron chi connectivity index (χ2n) is 9.37. The zero-order valence-electron chi connectivity index (χ0n) is 14.2. The summed E-state index contributed by atoms with van der Waals surface area (Å²) in [5.41, 5.74) is 1.30. The van der Waals surface area contributed by atoms with Crippen LogP contribution < -0.4 is 0 Å². The zero-order valence-corrected chi connectivity index (χ0v) is 14.2. The maximum Gasteiger partial charge on any atom is -0.0179 e. The highest BCUT2D eigenvalue weighted by Gasteiger charge is 2.58. The summed E-state index contributed by atoms with van der Waals surface area (Å²) in [5.74, 6) is 4.99. The summed E-state index contributed by atoms with van der Waals surface area (Å²) in [6, 6.07) is 0. The monoisotopic (exact) mass is 286 g/mol. The molecule has 0 aromatic heterocycles. The highest BCUT2D eigenvalue weighted by molar-refractivity contribution is 5.11. The molecule has 4 saturated carbocycles. The molecule has 0 heteroatoms. The molecule has 0 aliphatic heterocycles. The van der Waals surface area contributed by atoms with Crippen LogP contribution in [-0.2, 0) is 0 Å². The molecule has 0 saturated heterocycles. The molecule has 0 aromatic carbocycles. The van der Waals surface area contributed by atoms with Crippen molar-refractivity contribution in [1.29, 1.82) is 0 Å². The third kappa shape index (κ3) is 1.86. The van der Waals surface area contributed by atoms with Gasteiger partial charge in [-0.1, -0.05) is 32.8 Å². The van der Waals surface area contributed by atoms with E-state index in [1.807, 2.05) is 0 Å². The predicted molar refractivity (Wildman–Crippen MR) is 90.0 cm³/mol. The SMILES string of the molecule is C=C[C@@H]1CC[C@H]2[C@@H]3CCC4CCCC[C@]4(C)[C@H]3CC[C@]12C. The van der Waals surface area contributed by atoms with E-state index in [4.69, 9.17) is 0 Å². The van der Waals surface area contributed by atoms with E-state index in [1.54, 1.807) is 12.8 Å². The molecule has 4 fully saturated rings. The summed E-state index contributed by atoms with van der Waals surface area (Å²) >= 11 is 0. The minimum atomic E-state index is 0.598. The number of hydrogen-bond acceptors (Lipinski definition) is 0. The number of hydrogen-bond donors (Lipinski definition) is 0. The van der Waals surface area contributed by atoms with Gasteiger partial charge in [-0.3, -0.25) is 0 Å². The Morgan fingerprint density at radius 2 is 1.62 bits per heavy atom. The third-order valence-electron chi connectivity index (χ3n) is 8.94. The molecule has 0 nitrogen and oxygen atoms in total. The fraction of sp³-hybridized carbons (Fsp3) is 0.905. The Labute approximate surface area is 131 Å². The Hall–Kier alpha value is -0.260. The molecule has 0 spiro atoms. The standard InChI is InChI=1S/C21H34/c1-4-15-9-11-18-17-10-8-16-7-5-6-13-20(16,2)19(17)12-14-21(15,18)3/h4,15-19H,1,5-14H2,2-3H3/t15-,16?,17+,18+,19+,20+,21-/m1/s1. The van der Waals surface area contributed by atoms with Gasteiger partial charge in [-0.2, -0.15) is 0 Å². The average molecular weight is 287 g/mol. The van der Waals surface area contributed by atoms with Gasteiger partial charge in [-0.15, -0.1) is 6.58 Å². The van der Waals surface area contributed by atoms with Gasteiger partial charge in [0.15, 0.2) is 0 Å². The van der Waals surface area contributed by atoms with Crippen molar-refractivity contribution in [3.05, 3.63) is 12.7 Å². The second kappa shape index (κ2) is 4.87. The molecule has 7 atom stereocenters. The van der Waals surface area contributed by atoms with Crippen LogP contribution in [-0.4, -0.2) is 0 Å². The fourth-order valence-corrected chi connectivity index (χ4v) is 7.72. The highest BCUT2D eigenvalue weighted by Crippen LogP contribution is 2.67. The van der Waals surface area contributed by atoms with Gasteiger partial charge in [0.05, 0.1) is 0 Å². The second-order valence-corrected chi connectivity index (χ2v) is 9.37. The van der Waals surface area contributed by atoms with Crippen molar-refractivity contribution in [2.24, 2.45) is 40.4 Å². The van der Waals surface area contributed by atoms with E-state index in [1.165, 1.54) is 51.4 Å². The minimum absolute atomic E-state index is 0.598. The van der Waals surface area contributed by atoms with Crippen LogP contribution in [0.2, 0.25) is 0 Å². The molecule has 21 heavy (non-hydrogen) atoms. The normalized spacial score (nSPS) is 56.2. The minimum Gasteiger partial charge on any atom is -0.103 e. The molecule has 0 radical (unpaired) electrons. The van der Waals surface area contributed by atoms with Crippen LogP contribution in [0.3, 0.4) is 0 Å². The average Bonchev–Trinajstić information content (AvgIpc) is 2.83. The van der Waals surface area contributed by atoms with E-state index in [-0.39, 0.29) is 0 Å². The summed E-state index contributed by atoms with van der Waals surface area (Å²) in [7, 11) is 0. The molecule has 1 unspecified atom stereocenters. The van der Waals surface area contributed by atoms with Crippen molar-refractivity contribution in [3.63, 3.8) is 0 Å². The lowest BCUT2D eigenvalue weighted by molar-refractivity contribution is -0.107. The van der Waals surface area contributed by atoms with Gasteiger partial charge in [0.2, 0.25) is 0 Å². The van der Waals surface area contributed by atoms with E-state index >= 15 is 0 Å². The third-order valence-corrected chi connectivity index (χ3v) is 8.94. The Morgan fingerprint density at radius 1 is 0.810 bits per heavy atom. The first-order chi connectivity index (χ1) is 10.1. The van der Waals surface area contributed by atoms with Crippen molar-refractivity contribution in [2.75, 3.05) is 0 Å². The van der Waals surface area contributed by atoms with Crippen molar-refractivity contribution in [1.82, 2.24) is 0 Å². The lowest BCUT2D eigenvalue weighted by Gasteiger charge is -2.60. The molecular weight excluding hydrogens is 252 g/mol. The van der Waals surface area contributed by atoms with Gasteiger partial charge >= 0.3 is 0 Å². The van der Waals surface area contributed by atoms with E-state index in [2.05, 4.69) is 26.5 Å². The van der Waals surface area contributed by atoms with E-state index < -0.39 is 0 Å². The molecule has 0 aromatic rings. The van der Waals surface area contributed by atoms with Crippen LogP contribution in [0.25, 0.3) is 0 Å². The van der Waals surface area contributed by atoms with Gasteiger partial charge in [0.25, 0.3) is 0 Å². The first-order valence-electron chi connectivity index (χ1n) is 9.72. The van der Waals surface area contributed by atoms with Crippen LogP contribution in [0.5, 0.6) is 0 Å². The fourth-order valence-electron chi connectivity index (χ4n) is 7.72. The van der Waals surface area contributed by atoms with Crippen molar-refractivity contribution in [3.8, 4) is 0 Å². The Morgan fingerprint density at radius 3 is 2.43 bits per heavy atom. The summed E-state index contributed by atoms with van der Waals surface area (Å²) in [5, 5.41) is 0. The summed E-state index contributed by atoms with van der Waals surface area (Å²) in [6.07, 6.45) is 17.4. The molecule has 4 aliphatic carbocycles. The van der Waals surface area contributed by atoms with Gasteiger partial charge in [0.1, 0.15) is 0 Å². The van der Waals surface area contributed by atoms with Crippen molar-refractivity contribution in [2.45, 2.75) is 78.1 Å². The molecular formula is C21H34. The Kier molecular flexibility index (Phi) is 3.32. The van der Waals surface area contributed by atoms with Gasteiger partial charge < -0.3 is 0 Å². The summed E-state index contributed by atoms with van der Waals surface area (Å²) in [6.45, 7) is 9.47. The van der Waals surface area contributed by atoms with E-state index in [0.29, 0.717) is 10.8 Å². The lowest BCUT2D eigenvalue weighted by atomic mass is 9.45. The maximum atomic E-state index is 4.16. The van der Waals surface area contributed by atoms with Crippen LogP contribution in [0.4, 0.5) is 0 Å². The van der Waals surface area contributed by atoms with Crippen molar-refractivity contribution < 1.29 is 0 Å². The maximum absolute atomic E-state index is 4.16. The topological polar surface area (TPSA) is 0 Å². The molecule has 4 rings (SSSR count). The van der Waals surface area contributed by atoms with Crippen LogP contribution >= 0.6 is 0 Å². The first kappa shape index (κ1) is 14.3. The largest absolute Gasteiger partial charge is 0.103 e. The molecule has 0 heterocycles. The van der Waals surface area contributed by atoms with E-state index in [0.717, 1.165) is 29.6 Å². The molecule has 0 amide bonds. The van der Waals surface area contributed by atoms with Crippen molar-refractivity contribution >= 4 is 0 Å². The van der Waals surface area contributed by atoms with E-state index in [9.17, 15) is 0 Å². The first-order valence-corrected chi connectivity index (χ1v) is 9.72. The van der Waals surface area contributed by atoms with Crippen LogP contribution in [0.1, 0.15) is 78.1 Å². The molecule has 0 bridgehead atoms. The Balaban J connectivity index is 1.64. The highest BCUT2D eigenvalue weighted by atomic mass is 14.6. The summed E-state index contributed by atoms with van der Waals surface area (Å²) < 4.78 is 0. The number of rotatable bonds is 1. The van der Waals surface area contributed by atoms with Crippen LogP contribution in [0, 0.1) is 40.4 Å². The smallest absolute Gasteiger partial charge is 0.0179 e. The lowest BCUT2D eigenvalue weighted by Crippen LogP contribution is -2.52. The number of fused-ring (bicyclic) bond motifs is 5. The zero-order chi connectivity index (χ0) is 14.7. The molecule has 4 aliphatic rings. The quantitative estimate of drug-likeness (QED) is 0.502. The number of allylic oxidation sites excluding steroid dienone is 1. The van der Waals surface area contributed by atoms with Gasteiger partial charge in [-0.05, 0) is 91.8 Å². The Bertz CT molecular complexity index is 424. The van der Waals surface area contributed by atoms with Gasteiger partial charge in [0, 0.05) is 0 Å². The van der Waals surface area contributed by atoms with Crippen LogP contribution in [0.15, 0.2) is 12.7 Å². The van der Waals surface area contributed by atoms with Gasteiger partial charge in [-0.25, -0.2) is 0 Å². The predicted octanol–water partition coefficient (Wildman–Crippen LogP) is 6.22. The molecule has 0 N–H and O–H groups in total.